The lowest BCUT2D eigenvalue weighted by atomic mass is 9.46. The largest absolute Gasteiger partial charge is 0.457 e. The predicted molar refractivity (Wildman–Crippen MR) is 98.3 cm³/mol. The van der Waals surface area contributed by atoms with E-state index in [0.717, 1.165) is 23.7 Å². The molecular weight excluding hydrogens is 324 g/mol. The molecule has 1 aliphatic heterocycles. The third-order valence-electron chi connectivity index (χ3n) is 9.18. The van der Waals surface area contributed by atoms with E-state index in [-0.39, 0.29) is 29.2 Å². The molecule has 6 fully saturated rings. The number of ether oxygens (including phenoxy) is 2. The van der Waals surface area contributed by atoms with Gasteiger partial charge >= 0.3 is 5.97 Å². The highest BCUT2D eigenvalue weighted by Crippen LogP contribution is 2.64. The van der Waals surface area contributed by atoms with Crippen molar-refractivity contribution in [2.45, 2.75) is 83.0 Å². The number of hydrogen-bond acceptors (Lipinski definition) is 3. The number of epoxide rings is 1. The van der Waals surface area contributed by atoms with Crippen LogP contribution in [0.4, 0.5) is 0 Å². The highest BCUT2D eigenvalue weighted by molar-refractivity contribution is 5.78. The third-order valence-corrected chi connectivity index (χ3v) is 9.18. The van der Waals surface area contributed by atoms with E-state index in [4.69, 9.17) is 9.47 Å². The molecule has 7 aliphatic rings. The van der Waals surface area contributed by atoms with Crippen molar-refractivity contribution in [1.29, 1.82) is 0 Å². The molecule has 26 heavy (non-hydrogen) atoms. The van der Waals surface area contributed by atoms with Crippen molar-refractivity contribution in [3.05, 3.63) is 12.2 Å². The van der Waals surface area contributed by atoms with E-state index < -0.39 is 0 Å². The molecule has 5 atom stereocenters. The molecule has 6 bridgehead atoms. The standard InChI is InChI=1S/C23H32O3/c1-22(2,23-10-14-5-15(11-23)7-16(6-14)12-23)26-21(24)20-19(25-20)18-9-13-3-4-17(18)8-13/h3-4,13-20H,5-12H2,1-2H3. The van der Waals surface area contributed by atoms with Crippen molar-refractivity contribution in [3.8, 4) is 0 Å². The van der Waals surface area contributed by atoms with Gasteiger partial charge in [-0.2, -0.15) is 0 Å². The molecule has 7 rings (SSSR count). The van der Waals surface area contributed by atoms with Crippen molar-refractivity contribution in [3.63, 3.8) is 0 Å². The highest BCUT2D eigenvalue weighted by Gasteiger charge is 2.61. The molecule has 0 aromatic heterocycles. The Labute approximate surface area is 156 Å². The summed E-state index contributed by atoms with van der Waals surface area (Å²) in [6, 6.07) is 0. The normalized spacial score (nSPS) is 53.3. The fourth-order valence-electron chi connectivity index (χ4n) is 8.11. The van der Waals surface area contributed by atoms with Gasteiger partial charge in [-0.1, -0.05) is 12.2 Å². The lowest BCUT2D eigenvalue weighted by Gasteiger charge is -2.61. The smallest absolute Gasteiger partial charge is 0.338 e. The number of fused-ring (bicyclic) bond motifs is 2. The Morgan fingerprint density at radius 1 is 1.00 bits per heavy atom. The Morgan fingerprint density at radius 3 is 2.19 bits per heavy atom. The summed E-state index contributed by atoms with van der Waals surface area (Å²) in [4.78, 5) is 12.9. The van der Waals surface area contributed by atoms with Crippen molar-refractivity contribution < 1.29 is 14.3 Å². The highest BCUT2D eigenvalue weighted by atomic mass is 16.6. The topological polar surface area (TPSA) is 38.8 Å². The Balaban J connectivity index is 1.14. The monoisotopic (exact) mass is 356 g/mol. The maximum atomic E-state index is 12.9. The minimum atomic E-state index is -0.356. The average molecular weight is 357 g/mol. The van der Waals surface area contributed by atoms with E-state index in [1.54, 1.807) is 0 Å². The van der Waals surface area contributed by atoms with Crippen LogP contribution in [0.25, 0.3) is 0 Å². The summed E-state index contributed by atoms with van der Waals surface area (Å²) >= 11 is 0. The molecule has 0 aromatic carbocycles. The lowest BCUT2D eigenvalue weighted by Crippen LogP contribution is -2.57. The molecule has 142 valence electrons. The van der Waals surface area contributed by atoms with Crippen LogP contribution in [-0.4, -0.2) is 23.8 Å². The van der Waals surface area contributed by atoms with Gasteiger partial charge in [-0.05, 0) is 101 Å². The third kappa shape index (κ3) is 2.25. The fraction of sp³-hybridized carbons (Fsp3) is 0.870. The van der Waals surface area contributed by atoms with E-state index in [1.807, 2.05) is 0 Å². The second-order valence-electron chi connectivity index (χ2n) is 11.1. The SMILES string of the molecule is CC(C)(OC(=O)C1OC1C1CC2C=CC1C2)C12CC3CC(CC(C3)C1)C2. The van der Waals surface area contributed by atoms with Crippen LogP contribution in [0, 0.1) is 40.9 Å². The minimum absolute atomic E-state index is 0.0810. The van der Waals surface area contributed by atoms with Gasteiger partial charge in [0.15, 0.2) is 6.10 Å². The van der Waals surface area contributed by atoms with Crippen LogP contribution in [0.5, 0.6) is 0 Å². The maximum absolute atomic E-state index is 12.9. The second kappa shape index (κ2) is 5.16. The lowest BCUT2D eigenvalue weighted by molar-refractivity contribution is -0.199. The summed E-state index contributed by atoms with van der Waals surface area (Å²) in [6.45, 7) is 4.38. The maximum Gasteiger partial charge on any atom is 0.338 e. The molecule has 0 amide bonds. The van der Waals surface area contributed by atoms with Crippen molar-refractivity contribution >= 4 is 5.97 Å². The Bertz CT molecular complexity index is 627. The quantitative estimate of drug-likeness (QED) is 0.423. The Hall–Kier alpha value is -0.830. The van der Waals surface area contributed by atoms with Crippen LogP contribution in [0.3, 0.4) is 0 Å². The van der Waals surface area contributed by atoms with E-state index in [0.29, 0.717) is 11.8 Å². The van der Waals surface area contributed by atoms with Gasteiger partial charge in [0.25, 0.3) is 0 Å². The van der Waals surface area contributed by atoms with Gasteiger partial charge in [-0.25, -0.2) is 4.79 Å². The minimum Gasteiger partial charge on any atom is -0.457 e. The van der Waals surface area contributed by atoms with Gasteiger partial charge in [0, 0.05) is 5.41 Å². The summed E-state index contributed by atoms with van der Waals surface area (Å²) in [5.41, 5.74) is -0.137. The number of rotatable bonds is 4. The van der Waals surface area contributed by atoms with Crippen LogP contribution in [0.2, 0.25) is 0 Å². The summed E-state index contributed by atoms with van der Waals surface area (Å²) in [6.07, 6.45) is 15.1. The molecule has 0 aromatic rings. The van der Waals surface area contributed by atoms with Crippen LogP contribution >= 0.6 is 0 Å². The van der Waals surface area contributed by atoms with Gasteiger partial charge in [0.1, 0.15) is 5.60 Å². The molecule has 6 aliphatic carbocycles. The first-order valence-electron chi connectivity index (χ1n) is 11.0. The first-order chi connectivity index (χ1) is 12.4. The van der Waals surface area contributed by atoms with E-state index in [1.165, 1.54) is 51.4 Å². The van der Waals surface area contributed by atoms with Crippen molar-refractivity contribution in [2.75, 3.05) is 0 Å². The molecule has 3 nitrogen and oxygen atoms in total. The fourth-order valence-corrected chi connectivity index (χ4v) is 8.11. The summed E-state index contributed by atoms with van der Waals surface area (Å²) < 4.78 is 12.1. The molecule has 5 saturated carbocycles. The number of carbonyl (C=O) groups is 1. The van der Waals surface area contributed by atoms with Gasteiger partial charge in [0.05, 0.1) is 6.10 Å². The molecular formula is C23H32O3. The number of hydrogen-bond donors (Lipinski definition) is 0. The molecule has 0 N–H and O–H groups in total. The van der Waals surface area contributed by atoms with Crippen LogP contribution in [-0.2, 0) is 14.3 Å². The van der Waals surface area contributed by atoms with Crippen LogP contribution < -0.4 is 0 Å². The van der Waals surface area contributed by atoms with Gasteiger partial charge < -0.3 is 9.47 Å². The molecule has 0 spiro atoms. The van der Waals surface area contributed by atoms with Gasteiger partial charge in [0.2, 0.25) is 0 Å². The molecule has 5 unspecified atom stereocenters. The molecule has 0 radical (unpaired) electrons. The predicted octanol–water partition coefficient (Wildman–Crippen LogP) is 4.50. The zero-order valence-corrected chi connectivity index (χ0v) is 16.2. The number of esters is 1. The average Bonchev–Trinajstić information content (AvgIpc) is 3.08. The van der Waals surface area contributed by atoms with Crippen LogP contribution in [0.1, 0.15) is 65.2 Å². The van der Waals surface area contributed by atoms with Crippen molar-refractivity contribution in [2.24, 2.45) is 40.9 Å². The van der Waals surface area contributed by atoms with Crippen LogP contribution in [0.15, 0.2) is 12.2 Å². The molecule has 1 heterocycles. The van der Waals surface area contributed by atoms with Crippen molar-refractivity contribution in [1.82, 2.24) is 0 Å². The Kier molecular flexibility index (Phi) is 3.20. The zero-order chi connectivity index (χ0) is 17.7. The molecule has 3 heteroatoms. The first kappa shape index (κ1) is 16.2. The first-order valence-corrected chi connectivity index (χ1v) is 11.0. The molecule has 1 saturated heterocycles. The number of allylic oxidation sites excluding steroid dienone is 2. The second-order valence-corrected chi connectivity index (χ2v) is 11.1. The summed E-state index contributed by atoms with van der Waals surface area (Å²) in [5, 5.41) is 0. The van der Waals surface area contributed by atoms with Gasteiger partial charge in [-0.3, -0.25) is 0 Å². The van der Waals surface area contributed by atoms with E-state index in [9.17, 15) is 4.79 Å². The summed E-state index contributed by atoms with van der Waals surface area (Å²) in [7, 11) is 0. The summed E-state index contributed by atoms with van der Waals surface area (Å²) in [5.74, 6) is 4.47. The zero-order valence-electron chi connectivity index (χ0n) is 16.2. The van der Waals surface area contributed by atoms with Gasteiger partial charge in [-0.15, -0.1) is 0 Å². The van der Waals surface area contributed by atoms with E-state index in [2.05, 4.69) is 26.0 Å². The number of carbonyl (C=O) groups excluding carboxylic acids is 1. The van der Waals surface area contributed by atoms with E-state index >= 15 is 0 Å². The Morgan fingerprint density at radius 2 is 1.65 bits per heavy atom.